The molecule has 1 aromatic heterocycles. The molecule has 1 N–H and O–H groups in total. The summed E-state index contributed by atoms with van der Waals surface area (Å²) in [5.74, 6) is 0.987. The fourth-order valence-electron chi connectivity index (χ4n) is 1.65. The van der Waals surface area contributed by atoms with Crippen LogP contribution in [0.25, 0.3) is 0 Å². The van der Waals surface area contributed by atoms with Gasteiger partial charge in [-0.2, -0.15) is 0 Å². The molecule has 1 aromatic rings. The van der Waals surface area contributed by atoms with E-state index in [1.54, 1.807) is 6.26 Å². The largest absolute Gasteiger partial charge is 0.465 e. The Morgan fingerprint density at radius 2 is 2.50 bits per heavy atom. The van der Waals surface area contributed by atoms with Crippen molar-refractivity contribution in [1.29, 1.82) is 0 Å². The van der Waals surface area contributed by atoms with Crippen LogP contribution in [0.1, 0.15) is 25.5 Å². The van der Waals surface area contributed by atoms with E-state index in [-0.39, 0.29) is 0 Å². The monoisotopic (exact) mass is 230 g/mol. The van der Waals surface area contributed by atoms with E-state index in [9.17, 15) is 5.11 Å². The third-order valence-electron chi connectivity index (χ3n) is 2.78. The quantitative estimate of drug-likeness (QED) is 0.805. The number of hydrogen-bond acceptors (Lipinski definition) is 2. The molecule has 2 rings (SSSR count). The predicted octanol–water partition coefficient (Wildman–Crippen LogP) is 2.66. The minimum Gasteiger partial charge on any atom is -0.465 e. The Morgan fingerprint density at radius 3 is 2.83 bits per heavy atom. The van der Waals surface area contributed by atoms with Gasteiger partial charge in [-0.1, -0.05) is 6.92 Å². The molecule has 0 radical (unpaired) electrons. The van der Waals surface area contributed by atoms with Gasteiger partial charge in [-0.25, -0.2) is 0 Å². The van der Waals surface area contributed by atoms with Crippen molar-refractivity contribution in [1.82, 2.24) is 0 Å². The van der Waals surface area contributed by atoms with Gasteiger partial charge in [-0.15, -0.1) is 0 Å². The van der Waals surface area contributed by atoms with E-state index in [1.165, 1.54) is 0 Å². The van der Waals surface area contributed by atoms with Crippen molar-refractivity contribution in [2.45, 2.75) is 25.4 Å². The molecule has 1 aliphatic rings. The van der Waals surface area contributed by atoms with Gasteiger partial charge < -0.3 is 9.52 Å². The molecular formula is C9H11BrO2. The minimum absolute atomic E-state index is 0.306. The minimum atomic E-state index is -0.720. The van der Waals surface area contributed by atoms with Crippen LogP contribution in [0.4, 0.5) is 0 Å². The van der Waals surface area contributed by atoms with Gasteiger partial charge in [0.2, 0.25) is 0 Å². The maximum atomic E-state index is 10.1. The first-order chi connectivity index (χ1) is 5.64. The molecule has 12 heavy (non-hydrogen) atoms. The Morgan fingerprint density at radius 1 is 1.75 bits per heavy atom. The fourth-order valence-corrected chi connectivity index (χ4v) is 2.19. The van der Waals surface area contributed by atoms with Gasteiger partial charge in [-0.05, 0) is 40.8 Å². The maximum Gasteiger partial charge on any atom is 0.149 e. The third-order valence-corrected chi connectivity index (χ3v) is 3.41. The number of halogens is 1. The van der Waals surface area contributed by atoms with Gasteiger partial charge in [0.1, 0.15) is 11.4 Å². The first kappa shape index (κ1) is 8.32. The van der Waals surface area contributed by atoms with Crippen molar-refractivity contribution in [3.8, 4) is 0 Å². The average molecular weight is 231 g/mol. The highest BCUT2D eigenvalue weighted by Crippen LogP contribution is 2.48. The molecule has 1 saturated carbocycles. The van der Waals surface area contributed by atoms with Crippen molar-refractivity contribution in [3.63, 3.8) is 0 Å². The van der Waals surface area contributed by atoms with E-state index in [4.69, 9.17) is 4.42 Å². The number of furan rings is 1. The van der Waals surface area contributed by atoms with E-state index in [1.807, 2.05) is 13.0 Å². The molecule has 2 atom stereocenters. The van der Waals surface area contributed by atoms with Crippen molar-refractivity contribution in [2.75, 3.05) is 0 Å². The zero-order chi connectivity index (χ0) is 8.77. The SMILES string of the molecule is CC1CCC1(O)c1occc1Br. The molecule has 2 nitrogen and oxygen atoms in total. The van der Waals surface area contributed by atoms with E-state index >= 15 is 0 Å². The zero-order valence-electron chi connectivity index (χ0n) is 6.88. The van der Waals surface area contributed by atoms with Crippen molar-refractivity contribution < 1.29 is 9.52 Å². The molecule has 0 bridgehead atoms. The summed E-state index contributed by atoms with van der Waals surface area (Å²) in [4.78, 5) is 0. The first-order valence-electron chi connectivity index (χ1n) is 4.10. The Hall–Kier alpha value is -0.280. The van der Waals surface area contributed by atoms with Crippen LogP contribution in [0.2, 0.25) is 0 Å². The highest BCUT2D eigenvalue weighted by molar-refractivity contribution is 9.10. The second-order valence-corrected chi connectivity index (χ2v) is 4.32. The summed E-state index contributed by atoms with van der Waals surface area (Å²) in [6, 6.07) is 1.82. The summed E-state index contributed by atoms with van der Waals surface area (Å²) in [7, 11) is 0. The number of rotatable bonds is 1. The Balaban J connectivity index is 2.36. The Kier molecular flexibility index (Phi) is 1.81. The summed E-state index contributed by atoms with van der Waals surface area (Å²) < 4.78 is 6.12. The molecule has 0 aliphatic heterocycles. The molecule has 66 valence electrons. The molecule has 2 unspecified atom stereocenters. The van der Waals surface area contributed by atoms with Crippen LogP contribution in [-0.2, 0) is 5.60 Å². The number of hydrogen-bond donors (Lipinski definition) is 1. The van der Waals surface area contributed by atoms with Gasteiger partial charge in [-0.3, -0.25) is 0 Å². The lowest BCUT2D eigenvalue weighted by Crippen LogP contribution is -2.42. The van der Waals surface area contributed by atoms with Gasteiger partial charge in [0.05, 0.1) is 10.7 Å². The van der Waals surface area contributed by atoms with Crippen molar-refractivity contribution in [3.05, 3.63) is 22.6 Å². The Labute approximate surface area is 79.7 Å². The van der Waals surface area contributed by atoms with Crippen molar-refractivity contribution >= 4 is 15.9 Å². The van der Waals surface area contributed by atoms with Crippen LogP contribution in [0.3, 0.4) is 0 Å². The molecule has 0 amide bonds. The summed E-state index contributed by atoms with van der Waals surface area (Å²) in [5.41, 5.74) is -0.720. The summed E-state index contributed by atoms with van der Waals surface area (Å²) in [6.45, 7) is 2.04. The second-order valence-electron chi connectivity index (χ2n) is 3.46. The van der Waals surface area contributed by atoms with Gasteiger partial charge in [0.15, 0.2) is 0 Å². The second kappa shape index (κ2) is 2.60. The standard InChI is InChI=1S/C9H11BrO2/c1-6-2-4-9(6,11)8-7(10)3-5-12-8/h3,5-6,11H,2,4H2,1H3. The molecule has 3 heteroatoms. The maximum absolute atomic E-state index is 10.1. The molecule has 0 spiro atoms. The predicted molar refractivity (Wildman–Crippen MR) is 48.7 cm³/mol. The molecule has 1 heterocycles. The van der Waals surface area contributed by atoms with E-state index in [2.05, 4.69) is 15.9 Å². The van der Waals surface area contributed by atoms with E-state index < -0.39 is 5.60 Å². The normalized spacial score (nSPS) is 34.8. The van der Waals surface area contributed by atoms with Crippen LogP contribution in [0.5, 0.6) is 0 Å². The third kappa shape index (κ3) is 0.962. The Bertz CT molecular complexity index is 294. The molecule has 1 aliphatic carbocycles. The average Bonchev–Trinajstić information content (AvgIpc) is 2.47. The van der Waals surface area contributed by atoms with Crippen LogP contribution >= 0.6 is 15.9 Å². The number of aliphatic hydroxyl groups is 1. The smallest absolute Gasteiger partial charge is 0.149 e. The highest BCUT2D eigenvalue weighted by atomic mass is 79.9. The van der Waals surface area contributed by atoms with Crippen LogP contribution in [0, 0.1) is 5.92 Å². The molecule has 0 aromatic carbocycles. The van der Waals surface area contributed by atoms with Gasteiger partial charge >= 0.3 is 0 Å². The van der Waals surface area contributed by atoms with Crippen LogP contribution in [0.15, 0.2) is 21.2 Å². The zero-order valence-corrected chi connectivity index (χ0v) is 8.47. The summed E-state index contributed by atoms with van der Waals surface area (Å²) in [5, 5.41) is 10.1. The lowest BCUT2D eigenvalue weighted by Gasteiger charge is -2.42. The lowest BCUT2D eigenvalue weighted by atomic mass is 9.69. The molecule has 1 fully saturated rings. The molecular weight excluding hydrogens is 220 g/mol. The van der Waals surface area contributed by atoms with E-state index in [0.717, 1.165) is 17.3 Å². The first-order valence-corrected chi connectivity index (χ1v) is 4.90. The highest BCUT2D eigenvalue weighted by Gasteiger charge is 2.47. The topological polar surface area (TPSA) is 33.4 Å². The lowest BCUT2D eigenvalue weighted by molar-refractivity contribution is -0.109. The van der Waals surface area contributed by atoms with Crippen LogP contribution < -0.4 is 0 Å². The molecule has 0 saturated heterocycles. The van der Waals surface area contributed by atoms with Crippen molar-refractivity contribution in [2.24, 2.45) is 5.92 Å². The summed E-state index contributed by atoms with van der Waals surface area (Å²) >= 11 is 3.35. The summed E-state index contributed by atoms with van der Waals surface area (Å²) in [6.07, 6.45) is 3.48. The fraction of sp³-hybridized carbons (Fsp3) is 0.556. The van der Waals surface area contributed by atoms with Crippen LogP contribution in [-0.4, -0.2) is 5.11 Å². The van der Waals surface area contributed by atoms with Gasteiger partial charge in [0, 0.05) is 0 Å². The van der Waals surface area contributed by atoms with E-state index in [0.29, 0.717) is 11.7 Å². The van der Waals surface area contributed by atoms with Gasteiger partial charge in [0.25, 0.3) is 0 Å².